The summed E-state index contributed by atoms with van der Waals surface area (Å²) in [5, 5.41) is 0. The molecular formula is H7AlBaLiMnNaNi. The first-order valence-corrected chi connectivity index (χ1v) is 0. The first kappa shape index (κ1) is 45.5. The van der Waals surface area contributed by atoms with E-state index in [0.717, 1.165) is 0 Å². The van der Waals surface area contributed by atoms with Crippen LogP contribution >= 0.6 is 0 Å². The van der Waals surface area contributed by atoms with Crippen molar-refractivity contribution in [2.75, 3.05) is 0 Å². The molecule has 0 saturated heterocycles. The second-order valence-electron chi connectivity index (χ2n) is 0. The van der Waals surface area contributed by atoms with Gasteiger partial charge in [0.2, 0.25) is 0 Å². The molecule has 6 heteroatoms. The van der Waals surface area contributed by atoms with Gasteiger partial charge in [-0.05, 0) is 0 Å². The summed E-state index contributed by atoms with van der Waals surface area (Å²) >= 11 is 0. The third-order valence-corrected chi connectivity index (χ3v) is 0. The van der Waals surface area contributed by atoms with Crippen molar-refractivity contribution in [2.24, 2.45) is 0 Å². The molecule has 0 nitrogen and oxygen atoms in total. The summed E-state index contributed by atoms with van der Waals surface area (Å²) in [5.74, 6) is 0. The van der Waals surface area contributed by atoms with Gasteiger partial charge in [0, 0.05) is 33.6 Å². The van der Waals surface area contributed by atoms with Crippen LogP contribution < -0.4 is 48.4 Å². The van der Waals surface area contributed by atoms with E-state index in [0.29, 0.717) is 0 Å². The van der Waals surface area contributed by atoms with Gasteiger partial charge in [0.1, 0.15) is 0 Å². The molecule has 0 N–H and O–H groups in total. The molecule has 0 spiro atoms. The van der Waals surface area contributed by atoms with Crippen LogP contribution in [-0.2, 0) is 33.6 Å². The van der Waals surface area contributed by atoms with E-state index >= 15 is 0 Å². The van der Waals surface area contributed by atoms with Crippen LogP contribution in [0.5, 0.6) is 0 Å². The summed E-state index contributed by atoms with van der Waals surface area (Å²) in [6.07, 6.45) is 0. The number of hydrogen-bond donors (Lipinski definition) is 0. The van der Waals surface area contributed by atoms with E-state index in [2.05, 4.69) is 0 Å². The quantitative estimate of drug-likeness (QED) is 0.390. The zero-order valence-electron chi connectivity index (χ0n) is 7.40. The molecule has 0 aromatic rings. The first-order chi connectivity index (χ1) is 0. The van der Waals surface area contributed by atoms with Gasteiger partial charge >= 0.3 is 97.3 Å². The molecule has 0 bridgehead atoms. The molecule has 0 aromatic heterocycles. The fourth-order valence-electron chi connectivity index (χ4n) is 0. The van der Waals surface area contributed by atoms with Gasteiger partial charge < -0.3 is 5.71 Å². The van der Waals surface area contributed by atoms with Gasteiger partial charge in [0.15, 0.2) is 17.4 Å². The summed E-state index contributed by atoms with van der Waals surface area (Å²) in [4.78, 5) is 0. The number of rotatable bonds is 0. The van der Waals surface area contributed by atoms with Gasteiger partial charge in [-0.2, -0.15) is 0 Å². The Morgan fingerprint density at radius 3 is 1.17 bits per heavy atom. The van der Waals surface area contributed by atoms with Crippen LogP contribution in [0.2, 0.25) is 0 Å². The van der Waals surface area contributed by atoms with Crippen LogP contribution in [-0.4, -0.2) is 66.2 Å². The molecule has 0 saturated carbocycles. The van der Waals surface area contributed by atoms with E-state index < -0.39 is 0 Å². The Labute approximate surface area is 150 Å². The molecule has 0 fully saturated rings. The molecule has 0 aliphatic carbocycles. The molecule has 1 radical (unpaired) electrons. The third-order valence-electron chi connectivity index (χ3n) is 0. The minimum Gasteiger partial charge on any atom is -1.00 e. The van der Waals surface area contributed by atoms with Gasteiger partial charge in [-0.3, -0.25) is 0 Å². The zero-order chi connectivity index (χ0) is 0. The Bertz CT molecular complexity index is 25.2. The minimum atomic E-state index is 0. The Balaban J connectivity index is 0. The molecule has 0 unspecified atom stereocenters. The summed E-state index contributed by atoms with van der Waals surface area (Å²) in [5.41, 5.74) is 0. The fraction of sp³-hybridized carbons (Fsp3) is 0. The fourth-order valence-corrected chi connectivity index (χ4v) is 0. The van der Waals surface area contributed by atoms with E-state index in [1.165, 1.54) is 0 Å². The average molecular weight is 315 g/mol. The molecule has 0 aliphatic heterocycles. The smallest absolute Gasteiger partial charge is 1.00 e. The Morgan fingerprint density at radius 1 is 1.17 bits per heavy atom. The maximum Gasteiger partial charge on any atom is 2.00 e. The first-order valence-electron chi connectivity index (χ1n) is 0. The van der Waals surface area contributed by atoms with Crippen molar-refractivity contribution in [3.05, 3.63) is 0 Å². The average Bonchev–Trinajstić information content (AvgIpc) is 0. The Morgan fingerprint density at radius 2 is 1.17 bits per heavy atom. The predicted octanol–water partition coefficient (Wildman–Crippen LogP) is -7.11. The van der Waals surface area contributed by atoms with Crippen molar-refractivity contribution in [3.8, 4) is 0 Å². The second kappa shape index (κ2) is 33.2. The van der Waals surface area contributed by atoms with Gasteiger partial charge in [0.25, 0.3) is 0 Å². The summed E-state index contributed by atoms with van der Waals surface area (Å²) < 4.78 is 0. The second-order valence-corrected chi connectivity index (χ2v) is 0. The molecule has 0 amide bonds. The topological polar surface area (TPSA) is 0 Å². The Kier molecular flexibility index (Phi) is 252. The molecule has 0 atom stereocenters. The summed E-state index contributed by atoms with van der Waals surface area (Å²) in [6, 6.07) is 0. The van der Waals surface area contributed by atoms with Crippen LogP contribution in [0, 0.1) is 0 Å². The molecule has 0 aromatic carbocycles. The van der Waals surface area contributed by atoms with Crippen molar-refractivity contribution >= 4 is 66.2 Å². The van der Waals surface area contributed by atoms with Gasteiger partial charge in [0.05, 0.1) is 0 Å². The van der Waals surface area contributed by atoms with Crippen LogP contribution in [0.1, 0.15) is 5.71 Å². The van der Waals surface area contributed by atoms with E-state index in [-0.39, 0.29) is 154 Å². The molecule has 0 rings (SSSR count). The number of hydrogen-bond acceptors (Lipinski definition) is 0. The molecular weight excluding hydrogens is 308 g/mol. The van der Waals surface area contributed by atoms with E-state index in [4.69, 9.17) is 0 Å². The van der Waals surface area contributed by atoms with Gasteiger partial charge in [-0.15, -0.1) is 0 Å². The van der Waals surface area contributed by atoms with Gasteiger partial charge in [-0.1, -0.05) is 0 Å². The van der Waals surface area contributed by atoms with Crippen LogP contribution in [0.3, 0.4) is 0 Å². The van der Waals surface area contributed by atoms with E-state index in [1.807, 2.05) is 0 Å². The summed E-state index contributed by atoms with van der Waals surface area (Å²) in [7, 11) is 0. The minimum absolute atomic E-state index is 0. The normalized spacial score (nSPS) is 0. The molecule has 0 heterocycles. The van der Waals surface area contributed by atoms with Gasteiger partial charge in [-0.25, -0.2) is 0 Å². The predicted molar refractivity (Wildman–Crippen MR) is 20.1 cm³/mol. The zero-order valence-corrected chi connectivity index (χ0v) is 12.0. The maximum atomic E-state index is 0. The van der Waals surface area contributed by atoms with Crippen LogP contribution in [0.4, 0.5) is 0 Å². The van der Waals surface area contributed by atoms with E-state index in [9.17, 15) is 0 Å². The Hall–Kier alpha value is 4.71. The van der Waals surface area contributed by atoms with E-state index in [1.54, 1.807) is 0 Å². The van der Waals surface area contributed by atoms with Crippen molar-refractivity contribution in [2.45, 2.75) is 0 Å². The monoisotopic (exact) mass is 315 g/mol. The summed E-state index contributed by atoms with van der Waals surface area (Å²) in [6.45, 7) is 0. The molecule has 6 heavy (non-hydrogen) atoms. The third kappa shape index (κ3) is 23.3. The molecule has 0 aliphatic rings. The standard InChI is InChI=1S/Al.Ba.Li.Mn.Na.Ni.7H/q;+2;+1;;+1;;;;;4*-1. The van der Waals surface area contributed by atoms with Crippen molar-refractivity contribution in [1.29, 1.82) is 0 Å². The van der Waals surface area contributed by atoms with Crippen molar-refractivity contribution in [3.63, 3.8) is 0 Å². The maximum absolute atomic E-state index is 0. The largest absolute Gasteiger partial charge is 2.00 e. The van der Waals surface area contributed by atoms with Crippen molar-refractivity contribution < 1.29 is 87.7 Å². The SMILES string of the molecule is [AlH3].[Ba+2].[H-].[H-].[H-].[H-].[Li+].[Mn].[Na+].[Ni]. The van der Waals surface area contributed by atoms with Crippen molar-refractivity contribution in [1.82, 2.24) is 0 Å². The van der Waals surface area contributed by atoms with Crippen LogP contribution in [0.25, 0.3) is 0 Å². The van der Waals surface area contributed by atoms with Crippen LogP contribution in [0.15, 0.2) is 0 Å². The molecule has 31 valence electrons.